The molecule has 1 unspecified atom stereocenters. The molecule has 0 bridgehead atoms. The lowest BCUT2D eigenvalue weighted by Crippen LogP contribution is -2.30. The summed E-state index contributed by atoms with van der Waals surface area (Å²) in [4.78, 5) is 11.5. The number of benzene rings is 1. The van der Waals surface area contributed by atoms with Gasteiger partial charge in [-0.25, -0.2) is 4.39 Å². The van der Waals surface area contributed by atoms with Crippen LogP contribution in [0.4, 0.5) is 4.39 Å². The van der Waals surface area contributed by atoms with Crippen LogP contribution in [0.1, 0.15) is 32.4 Å². The lowest BCUT2D eigenvalue weighted by molar-refractivity contribution is -0.124. The van der Waals surface area contributed by atoms with E-state index in [2.05, 4.69) is 5.32 Å². The molecule has 0 fully saturated rings. The van der Waals surface area contributed by atoms with E-state index >= 15 is 0 Å². The quantitative estimate of drug-likeness (QED) is 0.877. The molecule has 3 nitrogen and oxygen atoms in total. The van der Waals surface area contributed by atoms with Gasteiger partial charge in [0.2, 0.25) is 5.91 Å². The third-order valence-corrected chi connectivity index (χ3v) is 2.56. The van der Waals surface area contributed by atoms with Crippen LogP contribution in [0.2, 0.25) is 0 Å². The predicted molar refractivity (Wildman–Crippen MR) is 64.3 cm³/mol. The summed E-state index contributed by atoms with van der Waals surface area (Å²) < 4.78 is 18.3. The molecule has 0 spiro atoms. The van der Waals surface area contributed by atoms with Gasteiger partial charge < -0.3 is 10.1 Å². The van der Waals surface area contributed by atoms with Crippen molar-refractivity contribution in [2.45, 2.75) is 26.8 Å². The molecule has 0 aliphatic carbocycles. The first-order chi connectivity index (χ1) is 7.95. The number of halogens is 1. The van der Waals surface area contributed by atoms with Crippen molar-refractivity contribution in [2.75, 3.05) is 7.11 Å². The van der Waals surface area contributed by atoms with Gasteiger partial charge in [-0.1, -0.05) is 19.9 Å². The van der Waals surface area contributed by atoms with Crippen molar-refractivity contribution in [3.63, 3.8) is 0 Å². The first kappa shape index (κ1) is 13.5. The molecule has 0 aliphatic heterocycles. The summed E-state index contributed by atoms with van der Waals surface area (Å²) in [6, 6.07) is 4.46. The molecule has 1 aromatic carbocycles. The van der Waals surface area contributed by atoms with E-state index in [1.54, 1.807) is 12.1 Å². The summed E-state index contributed by atoms with van der Waals surface area (Å²) in [5.74, 6) is -0.346. The maximum Gasteiger partial charge on any atom is 0.223 e. The van der Waals surface area contributed by atoms with Gasteiger partial charge in [0.15, 0.2) is 11.6 Å². The van der Waals surface area contributed by atoms with E-state index in [1.807, 2.05) is 20.8 Å². The molecule has 1 aromatic rings. The zero-order valence-corrected chi connectivity index (χ0v) is 10.6. The standard InChI is InChI=1S/C13H18FNO2/c1-8(2)13(16)15-9(3)10-5-6-12(17-4)11(14)7-10/h5-9H,1-4H3,(H,15,16). The van der Waals surface area contributed by atoms with E-state index in [0.29, 0.717) is 0 Å². The number of carbonyl (C=O) groups is 1. The molecule has 94 valence electrons. The van der Waals surface area contributed by atoms with Gasteiger partial charge >= 0.3 is 0 Å². The number of rotatable bonds is 4. The fourth-order valence-electron chi connectivity index (χ4n) is 1.42. The number of amides is 1. The molecule has 0 radical (unpaired) electrons. The second-order valence-electron chi connectivity index (χ2n) is 4.28. The molecule has 17 heavy (non-hydrogen) atoms. The summed E-state index contributed by atoms with van der Waals surface area (Å²) >= 11 is 0. The van der Waals surface area contributed by atoms with Gasteiger partial charge in [0.05, 0.1) is 13.2 Å². The Balaban J connectivity index is 2.79. The Morgan fingerprint density at radius 3 is 2.47 bits per heavy atom. The molecule has 0 saturated heterocycles. The van der Waals surface area contributed by atoms with Gasteiger partial charge in [0.25, 0.3) is 0 Å². The smallest absolute Gasteiger partial charge is 0.223 e. The molecule has 4 heteroatoms. The highest BCUT2D eigenvalue weighted by Crippen LogP contribution is 2.21. The Morgan fingerprint density at radius 1 is 1.35 bits per heavy atom. The number of hydrogen-bond donors (Lipinski definition) is 1. The predicted octanol–water partition coefficient (Wildman–Crippen LogP) is 2.67. The van der Waals surface area contributed by atoms with Crippen LogP contribution >= 0.6 is 0 Å². The van der Waals surface area contributed by atoms with Gasteiger partial charge in [-0.15, -0.1) is 0 Å². The van der Waals surface area contributed by atoms with Crippen molar-refractivity contribution in [3.05, 3.63) is 29.6 Å². The maximum atomic E-state index is 13.5. The minimum absolute atomic E-state index is 0.0475. The van der Waals surface area contributed by atoms with Crippen LogP contribution in [-0.2, 0) is 4.79 Å². The first-order valence-electron chi connectivity index (χ1n) is 5.59. The highest BCUT2D eigenvalue weighted by atomic mass is 19.1. The lowest BCUT2D eigenvalue weighted by Gasteiger charge is -2.16. The summed E-state index contributed by atoms with van der Waals surface area (Å²) in [6.07, 6.45) is 0. The van der Waals surface area contributed by atoms with Crippen LogP contribution in [0.5, 0.6) is 5.75 Å². The van der Waals surface area contributed by atoms with Gasteiger partial charge in [-0.2, -0.15) is 0 Å². The summed E-state index contributed by atoms with van der Waals surface area (Å²) in [6.45, 7) is 5.45. The van der Waals surface area contributed by atoms with E-state index < -0.39 is 5.82 Å². The molecule has 1 atom stereocenters. The highest BCUT2D eigenvalue weighted by molar-refractivity contribution is 5.78. The molecule has 1 rings (SSSR count). The number of ether oxygens (including phenoxy) is 1. The van der Waals surface area contributed by atoms with E-state index in [0.717, 1.165) is 5.56 Å². The molecule has 0 aliphatic rings. The summed E-state index contributed by atoms with van der Waals surface area (Å²) in [7, 11) is 1.42. The van der Waals surface area contributed by atoms with Gasteiger partial charge in [-0.05, 0) is 24.6 Å². The SMILES string of the molecule is COc1ccc(C(C)NC(=O)C(C)C)cc1F. The minimum Gasteiger partial charge on any atom is -0.494 e. The van der Waals surface area contributed by atoms with Crippen LogP contribution < -0.4 is 10.1 Å². The van der Waals surface area contributed by atoms with Gasteiger partial charge in [0.1, 0.15) is 0 Å². The van der Waals surface area contributed by atoms with Crippen LogP contribution in [0.25, 0.3) is 0 Å². The van der Waals surface area contributed by atoms with Crippen LogP contribution in [0, 0.1) is 11.7 Å². The Kier molecular flexibility index (Phi) is 4.49. The fourth-order valence-corrected chi connectivity index (χ4v) is 1.42. The minimum atomic E-state index is -0.421. The van der Waals surface area contributed by atoms with E-state index in [9.17, 15) is 9.18 Å². The lowest BCUT2D eigenvalue weighted by atomic mass is 10.1. The van der Waals surface area contributed by atoms with Crippen molar-refractivity contribution in [2.24, 2.45) is 5.92 Å². The fraction of sp³-hybridized carbons (Fsp3) is 0.462. The third kappa shape index (κ3) is 3.44. The average Bonchev–Trinajstić information content (AvgIpc) is 2.28. The maximum absolute atomic E-state index is 13.5. The summed E-state index contributed by atoms with van der Waals surface area (Å²) in [5.41, 5.74) is 0.720. The van der Waals surface area contributed by atoms with Gasteiger partial charge in [0, 0.05) is 5.92 Å². The molecule has 0 heterocycles. The van der Waals surface area contributed by atoms with Crippen LogP contribution in [-0.4, -0.2) is 13.0 Å². The van der Waals surface area contributed by atoms with E-state index in [4.69, 9.17) is 4.74 Å². The third-order valence-electron chi connectivity index (χ3n) is 2.56. The summed E-state index contributed by atoms with van der Waals surface area (Å²) in [5, 5.41) is 2.81. The number of carbonyl (C=O) groups excluding carboxylic acids is 1. The number of hydrogen-bond acceptors (Lipinski definition) is 2. The van der Waals surface area contributed by atoms with Crippen molar-refractivity contribution >= 4 is 5.91 Å². The zero-order chi connectivity index (χ0) is 13.0. The molecule has 1 amide bonds. The van der Waals surface area contributed by atoms with Gasteiger partial charge in [-0.3, -0.25) is 4.79 Å². The van der Waals surface area contributed by atoms with Crippen LogP contribution in [0.15, 0.2) is 18.2 Å². The Morgan fingerprint density at radius 2 is 2.00 bits per heavy atom. The first-order valence-corrected chi connectivity index (χ1v) is 5.59. The van der Waals surface area contributed by atoms with Crippen molar-refractivity contribution in [1.82, 2.24) is 5.32 Å². The number of methoxy groups -OCH3 is 1. The van der Waals surface area contributed by atoms with E-state index in [-0.39, 0.29) is 23.6 Å². The second-order valence-corrected chi connectivity index (χ2v) is 4.28. The Labute approximate surface area is 101 Å². The topological polar surface area (TPSA) is 38.3 Å². The largest absolute Gasteiger partial charge is 0.494 e. The molecular weight excluding hydrogens is 221 g/mol. The molecular formula is C13H18FNO2. The monoisotopic (exact) mass is 239 g/mol. The van der Waals surface area contributed by atoms with Crippen LogP contribution in [0.3, 0.4) is 0 Å². The average molecular weight is 239 g/mol. The molecule has 0 aromatic heterocycles. The Bertz CT molecular complexity index is 404. The molecule has 1 N–H and O–H groups in total. The zero-order valence-electron chi connectivity index (χ0n) is 10.6. The van der Waals surface area contributed by atoms with Crippen molar-refractivity contribution in [1.29, 1.82) is 0 Å². The highest BCUT2D eigenvalue weighted by Gasteiger charge is 2.14. The van der Waals surface area contributed by atoms with E-state index in [1.165, 1.54) is 13.2 Å². The van der Waals surface area contributed by atoms with Crippen molar-refractivity contribution in [3.8, 4) is 5.75 Å². The van der Waals surface area contributed by atoms with Crippen molar-refractivity contribution < 1.29 is 13.9 Å². The number of nitrogens with one attached hydrogen (secondary N) is 1. The normalized spacial score (nSPS) is 12.4. The molecule has 0 saturated carbocycles. The second kappa shape index (κ2) is 5.66. The Hall–Kier alpha value is -1.58.